The van der Waals surface area contributed by atoms with E-state index in [1.165, 1.54) is 17.3 Å². The Kier molecular flexibility index (Phi) is 6.29. The predicted molar refractivity (Wildman–Crippen MR) is 154 cm³/mol. The molecule has 0 N–H and O–H groups in total. The van der Waals surface area contributed by atoms with Crippen LogP contribution in [-0.2, 0) is 11.2 Å². The van der Waals surface area contributed by atoms with E-state index in [9.17, 15) is 4.79 Å². The number of carbonyl (C=O) groups is 1. The molecule has 0 bridgehead atoms. The van der Waals surface area contributed by atoms with Crippen molar-refractivity contribution in [2.75, 3.05) is 18.5 Å². The van der Waals surface area contributed by atoms with E-state index < -0.39 is 0 Å². The number of aromatic nitrogens is 1. The van der Waals surface area contributed by atoms with Crippen LogP contribution in [0.25, 0.3) is 10.2 Å². The minimum atomic E-state index is -0.0161. The molecule has 0 saturated carbocycles. The van der Waals surface area contributed by atoms with Crippen molar-refractivity contribution in [2.24, 2.45) is 4.99 Å². The van der Waals surface area contributed by atoms with Gasteiger partial charge in [0.25, 0.3) is 5.91 Å². The van der Waals surface area contributed by atoms with Crippen LogP contribution in [0.4, 0.5) is 11.4 Å². The molecule has 2 aliphatic heterocycles. The van der Waals surface area contributed by atoms with Gasteiger partial charge in [-0.05, 0) is 67.1 Å². The predicted octanol–water partition coefficient (Wildman–Crippen LogP) is 7.47. The van der Waals surface area contributed by atoms with Crippen LogP contribution in [0, 0.1) is 6.92 Å². The first-order valence-corrected chi connectivity index (χ1v) is 14.2. The van der Waals surface area contributed by atoms with E-state index in [0.29, 0.717) is 21.6 Å². The van der Waals surface area contributed by atoms with Crippen molar-refractivity contribution in [3.8, 4) is 0 Å². The van der Waals surface area contributed by atoms with E-state index in [4.69, 9.17) is 16.6 Å². The van der Waals surface area contributed by atoms with Crippen molar-refractivity contribution in [1.82, 2.24) is 9.88 Å². The highest BCUT2D eigenvalue weighted by molar-refractivity contribution is 8.19. The Morgan fingerprint density at radius 3 is 2.69 bits per heavy atom. The van der Waals surface area contributed by atoms with Gasteiger partial charge in [-0.1, -0.05) is 53.7 Å². The molecule has 0 unspecified atom stereocenters. The molecule has 1 aromatic heterocycles. The molecule has 9 heteroatoms. The Hall–Kier alpha value is -2.78. The van der Waals surface area contributed by atoms with Crippen molar-refractivity contribution < 1.29 is 4.79 Å². The zero-order chi connectivity index (χ0) is 24.8. The number of thioether (sulfide) groups is 2. The Morgan fingerprint density at radius 1 is 1.03 bits per heavy atom. The van der Waals surface area contributed by atoms with Crippen LogP contribution in [0.5, 0.6) is 0 Å². The number of amidine groups is 1. The van der Waals surface area contributed by atoms with Gasteiger partial charge in [0.2, 0.25) is 0 Å². The fourth-order valence-electron chi connectivity index (χ4n) is 4.23. The molecule has 3 aromatic carbocycles. The Morgan fingerprint density at radius 2 is 1.86 bits per heavy atom. The van der Waals surface area contributed by atoms with Crippen molar-refractivity contribution >= 4 is 79.1 Å². The summed E-state index contributed by atoms with van der Waals surface area (Å²) >= 11 is 10.9. The number of thiazole rings is 1. The van der Waals surface area contributed by atoms with Crippen LogP contribution in [0.2, 0.25) is 5.02 Å². The maximum atomic E-state index is 13.8. The highest BCUT2D eigenvalue weighted by Crippen LogP contribution is 2.50. The first-order valence-electron chi connectivity index (χ1n) is 11.4. The number of hydrogen-bond acceptors (Lipinski definition) is 7. The Labute approximate surface area is 226 Å². The lowest BCUT2D eigenvalue weighted by molar-refractivity contribution is -0.122. The molecular formula is C27H21ClN4OS3. The molecule has 180 valence electrons. The molecule has 4 aromatic rings. The largest absolute Gasteiger partial charge is 0.337 e. The van der Waals surface area contributed by atoms with Gasteiger partial charge in [-0.3, -0.25) is 9.69 Å². The average molecular weight is 549 g/mol. The lowest BCUT2D eigenvalue weighted by atomic mass is 10.1. The molecule has 3 heterocycles. The summed E-state index contributed by atoms with van der Waals surface area (Å²) in [5.74, 6) is -0.0161. The summed E-state index contributed by atoms with van der Waals surface area (Å²) < 4.78 is 1.09. The van der Waals surface area contributed by atoms with Gasteiger partial charge in [0.15, 0.2) is 5.17 Å². The van der Waals surface area contributed by atoms with Crippen LogP contribution in [0.3, 0.4) is 0 Å². The van der Waals surface area contributed by atoms with Crippen molar-refractivity contribution in [3.63, 3.8) is 0 Å². The second-order valence-corrected chi connectivity index (χ2v) is 12.2. The van der Waals surface area contributed by atoms with Crippen molar-refractivity contribution in [1.29, 1.82) is 0 Å². The number of rotatable bonds is 4. The van der Waals surface area contributed by atoms with Gasteiger partial charge < -0.3 is 4.90 Å². The minimum absolute atomic E-state index is 0.0161. The summed E-state index contributed by atoms with van der Waals surface area (Å²) in [6.45, 7) is 2.56. The summed E-state index contributed by atoms with van der Waals surface area (Å²) in [6.07, 6.45) is 0.751. The number of anilines is 1. The van der Waals surface area contributed by atoms with E-state index >= 15 is 0 Å². The van der Waals surface area contributed by atoms with Gasteiger partial charge in [0.05, 0.1) is 31.6 Å². The second kappa shape index (κ2) is 9.59. The molecule has 2 aliphatic rings. The van der Waals surface area contributed by atoms with Gasteiger partial charge in [-0.15, -0.1) is 11.3 Å². The minimum Gasteiger partial charge on any atom is -0.337 e. The smallest absolute Gasteiger partial charge is 0.269 e. The number of aliphatic imine (C=N–C) groups is 1. The van der Waals surface area contributed by atoms with Crippen molar-refractivity contribution in [3.05, 3.63) is 92.3 Å². The topological polar surface area (TPSA) is 48.8 Å². The quantitative estimate of drug-likeness (QED) is 0.247. The second-order valence-electron chi connectivity index (χ2n) is 8.48. The lowest BCUT2D eigenvalue weighted by Gasteiger charge is -2.17. The lowest BCUT2D eigenvalue weighted by Crippen LogP contribution is -2.31. The highest BCUT2D eigenvalue weighted by atomic mass is 35.5. The number of aryl methyl sites for hydroxylation is 1. The SMILES string of the molecule is Cc1nc2ccc(N=C3SC(=C4Sc5ccc(Cl)cc5N4C)C(=O)N3CCc3ccccc3)cc2s1. The van der Waals surface area contributed by atoms with Gasteiger partial charge >= 0.3 is 0 Å². The molecule has 5 nitrogen and oxygen atoms in total. The summed E-state index contributed by atoms with van der Waals surface area (Å²) in [5.41, 5.74) is 3.99. The van der Waals surface area contributed by atoms with E-state index in [1.807, 2.05) is 73.5 Å². The van der Waals surface area contributed by atoms with E-state index in [-0.39, 0.29) is 5.91 Å². The average Bonchev–Trinajstić information content (AvgIpc) is 3.50. The van der Waals surface area contributed by atoms with Crippen LogP contribution < -0.4 is 4.90 Å². The molecule has 1 fully saturated rings. The molecular weight excluding hydrogens is 528 g/mol. The molecule has 1 amide bonds. The monoisotopic (exact) mass is 548 g/mol. The number of nitrogens with zero attached hydrogens (tertiary/aromatic N) is 4. The zero-order valence-electron chi connectivity index (χ0n) is 19.6. The zero-order valence-corrected chi connectivity index (χ0v) is 22.8. The third-order valence-corrected chi connectivity index (χ3v) is 9.62. The summed E-state index contributed by atoms with van der Waals surface area (Å²) in [6, 6.07) is 22.1. The number of hydrogen-bond donors (Lipinski definition) is 0. The summed E-state index contributed by atoms with van der Waals surface area (Å²) in [7, 11) is 1.98. The molecule has 1 saturated heterocycles. The molecule has 0 radical (unpaired) electrons. The number of halogens is 1. The highest BCUT2D eigenvalue weighted by Gasteiger charge is 2.39. The first kappa shape index (κ1) is 23.6. The number of fused-ring (bicyclic) bond motifs is 2. The first-order chi connectivity index (χ1) is 17.5. The van der Waals surface area contributed by atoms with Gasteiger partial charge in [-0.25, -0.2) is 9.98 Å². The maximum Gasteiger partial charge on any atom is 0.269 e. The number of benzene rings is 3. The van der Waals surface area contributed by atoms with Crippen molar-refractivity contribution in [2.45, 2.75) is 18.2 Å². The molecule has 0 aliphatic carbocycles. The molecule has 6 rings (SSSR count). The maximum absolute atomic E-state index is 13.8. The third-order valence-electron chi connectivity index (χ3n) is 6.02. The van der Waals surface area contributed by atoms with Crippen LogP contribution >= 0.6 is 46.5 Å². The van der Waals surface area contributed by atoms with Gasteiger partial charge in [0, 0.05) is 23.5 Å². The fourth-order valence-corrected chi connectivity index (χ4v) is 7.61. The van der Waals surface area contributed by atoms with E-state index in [2.05, 4.69) is 22.0 Å². The summed E-state index contributed by atoms with van der Waals surface area (Å²) in [5, 5.41) is 3.31. The fraction of sp³-hybridized carbons (Fsp3) is 0.148. The van der Waals surface area contributed by atoms with Crippen LogP contribution in [0.1, 0.15) is 10.6 Å². The van der Waals surface area contributed by atoms with E-state index in [0.717, 1.165) is 42.9 Å². The van der Waals surface area contributed by atoms with Crippen LogP contribution in [0.15, 0.2) is 86.6 Å². The Balaban J connectivity index is 1.38. The molecule has 0 atom stereocenters. The Bertz CT molecular complexity index is 1560. The normalized spacial score (nSPS) is 18.6. The third kappa shape index (κ3) is 4.43. The van der Waals surface area contributed by atoms with E-state index in [1.54, 1.807) is 23.1 Å². The summed E-state index contributed by atoms with van der Waals surface area (Å²) in [4.78, 5) is 28.9. The number of carbonyl (C=O) groups excluding carboxylic acids is 1. The number of amides is 1. The van der Waals surface area contributed by atoms with Gasteiger partial charge in [0.1, 0.15) is 4.91 Å². The van der Waals surface area contributed by atoms with Crippen LogP contribution in [-0.4, -0.2) is 34.6 Å². The van der Waals surface area contributed by atoms with Gasteiger partial charge in [-0.2, -0.15) is 0 Å². The molecule has 0 spiro atoms. The standard InChI is InChI=1S/C27H21ClN4OS3/c1-16-29-20-10-9-19(15-23(20)34-16)30-27-32(13-12-17-6-4-3-5-7-17)25(33)24(36-27)26-31(2)21-14-18(28)8-11-22(21)35-26/h3-11,14-15H,12-13H2,1-2H3. The molecule has 36 heavy (non-hydrogen) atoms.